The van der Waals surface area contributed by atoms with E-state index in [1.807, 2.05) is 6.07 Å². The first-order valence-electron chi connectivity index (χ1n) is 4.43. The quantitative estimate of drug-likeness (QED) is 0.698. The maximum Gasteiger partial charge on any atom is 0.247 e. The number of nitrogens with zero attached hydrogens (tertiary/aromatic N) is 2. The summed E-state index contributed by atoms with van der Waals surface area (Å²) in [6.07, 6.45) is 0. The summed E-state index contributed by atoms with van der Waals surface area (Å²) in [5.74, 6) is -0.641. The van der Waals surface area contributed by atoms with E-state index in [4.69, 9.17) is 5.26 Å². The van der Waals surface area contributed by atoms with Crippen LogP contribution in [0.1, 0.15) is 0 Å². The van der Waals surface area contributed by atoms with Crippen LogP contribution < -0.4 is 10.2 Å². The maximum absolute atomic E-state index is 13.3. The van der Waals surface area contributed by atoms with Crippen molar-refractivity contribution in [3.8, 4) is 6.07 Å². The molecule has 4 nitrogen and oxygen atoms in total. The number of rotatable bonds is 1. The highest BCUT2D eigenvalue weighted by Crippen LogP contribution is 2.31. The Morgan fingerprint density at radius 3 is 3.13 bits per heavy atom. The summed E-state index contributed by atoms with van der Waals surface area (Å²) >= 11 is 0. The molecule has 1 aliphatic rings. The van der Waals surface area contributed by atoms with Crippen LogP contribution >= 0.6 is 0 Å². The summed E-state index contributed by atoms with van der Waals surface area (Å²) in [4.78, 5) is 12.7. The van der Waals surface area contributed by atoms with Gasteiger partial charge in [-0.3, -0.25) is 9.69 Å². The number of nitriles is 1. The number of carbonyl (C=O) groups is 1. The molecule has 2 rings (SSSR count). The van der Waals surface area contributed by atoms with Gasteiger partial charge in [0.2, 0.25) is 5.91 Å². The minimum atomic E-state index is -0.414. The van der Waals surface area contributed by atoms with Crippen LogP contribution in [-0.4, -0.2) is 19.0 Å². The molecule has 0 aliphatic carbocycles. The maximum atomic E-state index is 13.3. The predicted molar refractivity (Wildman–Crippen MR) is 52.9 cm³/mol. The molecule has 5 heteroatoms. The minimum Gasteiger partial charge on any atom is -0.372 e. The van der Waals surface area contributed by atoms with E-state index < -0.39 is 5.82 Å². The van der Waals surface area contributed by atoms with E-state index in [9.17, 15) is 9.18 Å². The molecule has 0 aromatic heterocycles. The summed E-state index contributed by atoms with van der Waals surface area (Å²) in [5, 5.41) is 11.3. The highest BCUT2D eigenvalue weighted by Gasteiger charge is 2.25. The molecule has 0 radical (unpaired) electrons. The lowest BCUT2D eigenvalue weighted by Crippen LogP contribution is -2.40. The lowest BCUT2D eigenvalue weighted by Gasteiger charge is -2.28. The first-order chi connectivity index (χ1) is 7.24. The third-order valence-electron chi connectivity index (χ3n) is 2.23. The van der Waals surface area contributed by atoms with Gasteiger partial charge in [-0.05, 0) is 12.1 Å². The molecule has 1 heterocycles. The van der Waals surface area contributed by atoms with E-state index in [-0.39, 0.29) is 24.7 Å². The number of amides is 1. The number of carbonyl (C=O) groups excluding carboxylic acids is 1. The molecule has 76 valence electrons. The van der Waals surface area contributed by atoms with E-state index in [0.717, 1.165) is 0 Å². The van der Waals surface area contributed by atoms with Crippen LogP contribution in [0.5, 0.6) is 0 Å². The Balaban J connectivity index is 2.49. The number of halogens is 1. The molecule has 0 atom stereocenters. The van der Waals surface area contributed by atoms with Crippen molar-refractivity contribution in [2.24, 2.45) is 0 Å². The average Bonchev–Trinajstić information content (AvgIpc) is 2.23. The van der Waals surface area contributed by atoms with Crippen molar-refractivity contribution < 1.29 is 9.18 Å². The summed E-state index contributed by atoms with van der Waals surface area (Å²) in [6, 6.07) is 6.32. The van der Waals surface area contributed by atoms with Gasteiger partial charge >= 0.3 is 0 Å². The first-order valence-corrected chi connectivity index (χ1v) is 4.43. The van der Waals surface area contributed by atoms with Gasteiger partial charge in [0.1, 0.15) is 12.4 Å². The minimum absolute atomic E-state index is 0.0234. The zero-order chi connectivity index (χ0) is 10.8. The predicted octanol–water partition coefficient (Wildman–Crippen LogP) is 1.11. The molecule has 1 N–H and O–H groups in total. The third kappa shape index (κ3) is 1.50. The largest absolute Gasteiger partial charge is 0.372 e. The molecule has 0 unspecified atom stereocenters. The smallest absolute Gasteiger partial charge is 0.247 e. The van der Waals surface area contributed by atoms with Crippen molar-refractivity contribution in [1.29, 1.82) is 5.26 Å². The fourth-order valence-electron chi connectivity index (χ4n) is 1.55. The normalized spacial score (nSPS) is 14.1. The SMILES string of the molecule is N#CCN1C(=O)CNc2c(F)cccc21. The monoisotopic (exact) mass is 205 g/mol. The summed E-state index contributed by atoms with van der Waals surface area (Å²) < 4.78 is 13.3. The molecule has 0 saturated carbocycles. The van der Waals surface area contributed by atoms with Crippen molar-refractivity contribution in [2.75, 3.05) is 23.3 Å². The molecule has 0 bridgehead atoms. The zero-order valence-corrected chi connectivity index (χ0v) is 7.83. The number of benzene rings is 1. The second-order valence-corrected chi connectivity index (χ2v) is 3.13. The Labute approximate surface area is 85.9 Å². The van der Waals surface area contributed by atoms with Crippen LogP contribution in [0, 0.1) is 17.1 Å². The Kier molecular flexibility index (Phi) is 2.26. The summed E-state index contributed by atoms with van der Waals surface area (Å²) in [7, 11) is 0. The Bertz CT molecular complexity index is 452. The molecule has 1 aromatic carbocycles. The second-order valence-electron chi connectivity index (χ2n) is 3.13. The van der Waals surface area contributed by atoms with Crippen LogP contribution in [0.3, 0.4) is 0 Å². The average molecular weight is 205 g/mol. The van der Waals surface area contributed by atoms with Gasteiger partial charge in [-0.2, -0.15) is 5.26 Å². The van der Waals surface area contributed by atoms with Gasteiger partial charge in [0.15, 0.2) is 0 Å². The van der Waals surface area contributed by atoms with Gasteiger partial charge in [-0.1, -0.05) is 6.07 Å². The Hall–Kier alpha value is -2.09. The number of fused-ring (bicyclic) bond motifs is 1. The summed E-state index contributed by atoms with van der Waals surface area (Å²) in [6.45, 7) is -0.0351. The van der Waals surface area contributed by atoms with E-state index in [1.54, 1.807) is 6.07 Å². The highest BCUT2D eigenvalue weighted by molar-refractivity contribution is 6.02. The molecule has 0 saturated heterocycles. The number of hydrogen-bond donors (Lipinski definition) is 1. The van der Waals surface area contributed by atoms with Crippen LogP contribution in [0.2, 0.25) is 0 Å². The number of para-hydroxylation sites is 1. The third-order valence-corrected chi connectivity index (χ3v) is 2.23. The van der Waals surface area contributed by atoms with E-state index in [2.05, 4.69) is 5.32 Å². The second kappa shape index (κ2) is 3.58. The first kappa shape index (κ1) is 9.46. The topological polar surface area (TPSA) is 56.1 Å². The molecule has 1 amide bonds. The van der Waals surface area contributed by atoms with Crippen LogP contribution in [-0.2, 0) is 4.79 Å². The molecule has 0 spiro atoms. The zero-order valence-electron chi connectivity index (χ0n) is 7.83. The van der Waals surface area contributed by atoms with Gasteiger partial charge in [-0.25, -0.2) is 4.39 Å². The molecule has 0 fully saturated rings. The van der Waals surface area contributed by atoms with Gasteiger partial charge in [-0.15, -0.1) is 0 Å². The van der Waals surface area contributed by atoms with Gasteiger partial charge in [0, 0.05) is 0 Å². The fraction of sp³-hybridized carbons (Fsp3) is 0.200. The van der Waals surface area contributed by atoms with Crippen molar-refractivity contribution in [3.63, 3.8) is 0 Å². The van der Waals surface area contributed by atoms with E-state index in [0.29, 0.717) is 5.69 Å². The van der Waals surface area contributed by atoms with Gasteiger partial charge in [0.05, 0.1) is 24.0 Å². The molecule has 1 aromatic rings. The molecular weight excluding hydrogens is 197 g/mol. The van der Waals surface area contributed by atoms with Crippen LogP contribution in [0.25, 0.3) is 0 Å². The number of nitrogens with one attached hydrogen (secondary N) is 1. The fourth-order valence-corrected chi connectivity index (χ4v) is 1.55. The van der Waals surface area contributed by atoms with E-state index >= 15 is 0 Å². The molecule has 15 heavy (non-hydrogen) atoms. The van der Waals surface area contributed by atoms with Crippen LogP contribution in [0.15, 0.2) is 18.2 Å². The lowest BCUT2D eigenvalue weighted by atomic mass is 10.2. The number of hydrogen-bond acceptors (Lipinski definition) is 3. The van der Waals surface area contributed by atoms with Gasteiger partial charge < -0.3 is 5.32 Å². The van der Waals surface area contributed by atoms with Crippen LogP contribution in [0.4, 0.5) is 15.8 Å². The van der Waals surface area contributed by atoms with Crippen molar-refractivity contribution in [2.45, 2.75) is 0 Å². The van der Waals surface area contributed by atoms with Crippen molar-refractivity contribution >= 4 is 17.3 Å². The molecular formula is C10H8FN3O. The Morgan fingerprint density at radius 2 is 2.40 bits per heavy atom. The Morgan fingerprint density at radius 1 is 1.60 bits per heavy atom. The van der Waals surface area contributed by atoms with Crippen molar-refractivity contribution in [3.05, 3.63) is 24.0 Å². The lowest BCUT2D eigenvalue weighted by molar-refractivity contribution is -0.117. The number of anilines is 2. The molecule has 1 aliphatic heterocycles. The van der Waals surface area contributed by atoms with E-state index in [1.165, 1.54) is 17.0 Å². The highest BCUT2D eigenvalue weighted by atomic mass is 19.1. The van der Waals surface area contributed by atoms with Crippen molar-refractivity contribution in [1.82, 2.24) is 0 Å². The standard InChI is InChI=1S/C10H8FN3O/c11-7-2-1-3-8-10(7)13-6-9(15)14(8)5-4-12/h1-3,13H,5-6H2. The summed E-state index contributed by atoms with van der Waals surface area (Å²) in [5.41, 5.74) is 0.708. The van der Waals surface area contributed by atoms with Gasteiger partial charge in [0.25, 0.3) is 0 Å².